The van der Waals surface area contributed by atoms with Crippen LogP contribution in [0.15, 0.2) is 18.2 Å². The van der Waals surface area contributed by atoms with Crippen LogP contribution >= 0.6 is 11.6 Å². The highest BCUT2D eigenvalue weighted by Crippen LogP contribution is 2.22. The average Bonchev–Trinajstić information content (AvgIpc) is 2.37. The molecular formula is C12H15ClN2O4. The van der Waals surface area contributed by atoms with Gasteiger partial charge in [0.1, 0.15) is 0 Å². The highest BCUT2D eigenvalue weighted by atomic mass is 35.5. The molecule has 0 aliphatic carbocycles. The van der Waals surface area contributed by atoms with Gasteiger partial charge in [0.2, 0.25) is 5.91 Å². The summed E-state index contributed by atoms with van der Waals surface area (Å²) < 4.78 is 4.83. The number of hydrogen-bond acceptors (Lipinski definition) is 4. The van der Waals surface area contributed by atoms with E-state index in [-0.39, 0.29) is 23.0 Å². The fourth-order valence-corrected chi connectivity index (χ4v) is 1.55. The second-order valence-corrected chi connectivity index (χ2v) is 4.12. The van der Waals surface area contributed by atoms with Crippen molar-refractivity contribution >= 4 is 29.2 Å². The van der Waals surface area contributed by atoms with E-state index in [4.69, 9.17) is 21.4 Å². The Kier molecular flexibility index (Phi) is 6.27. The lowest BCUT2D eigenvalue weighted by Gasteiger charge is -2.08. The molecule has 0 aliphatic heterocycles. The predicted molar refractivity (Wildman–Crippen MR) is 71.8 cm³/mol. The maximum atomic E-state index is 11.6. The predicted octanol–water partition coefficient (Wildman–Crippen LogP) is 1.21. The zero-order valence-electron chi connectivity index (χ0n) is 10.4. The molecule has 0 atom stereocenters. The Morgan fingerprint density at radius 1 is 1.42 bits per heavy atom. The minimum Gasteiger partial charge on any atom is -0.478 e. The lowest BCUT2D eigenvalue weighted by atomic mass is 10.2. The quantitative estimate of drug-likeness (QED) is 0.656. The van der Waals surface area contributed by atoms with Crippen molar-refractivity contribution in [1.29, 1.82) is 0 Å². The minimum atomic E-state index is -1.07. The topological polar surface area (TPSA) is 87.7 Å². The van der Waals surface area contributed by atoms with Crippen LogP contribution in [0.4, 0.5) is 5.69 Å². The first-order valence-electron chi connectivity index (χ1n) is 5.57. The van der Waals surface area contributed by atoms with Crippen LogP contribution in [-0.2, 0) is 9.53 Å². The highest BCUT2D eigenvalue weighted by Gasteiger charge is 2.09. The molecule has 1 amide bonds. The van der Waals surface area contributed by atoms with Gasteiger partial charge < -0.3 is 20.5 Å². The number of halogens is 1. The molecule has 0 fully saturated rings. The van der Waals surface area contributed by atoms with Crippen LogP contribution in [0, 0.1) is 0 Å². The molecule has 0 saturated heterocycles. The first kappa shape index (κ1) is 15.4. The molecular weight excluding hydrogens is 272 g/mol. The van der Waals surface area contributed by atoms with Crippen molar-refractivity contribution in [3.63, 3.8) is 0 Å². The molecule has 0 radical (unpaired) electrons. The van der Waals surface area contributed by atoms with Crippen molar-refractivity contribution in [1.82, 2.24) is 5.32 Å². The number of hydrogen-bond donors (Lipinski definition) is 3. The van der Waals surface area contributed by atoms with Crippen molar-refractivity contribution in [3.05, 3.63) is 28.8 Å². The number of methoxy groups -OCH3 is 1. The van der Waals surface area contributed by atoms with Gasteiger partial charge in [0, 0.05) is 13.7 Å². The molecule has 1 aromatic carbocycles. The molecule has 0 saturated carbocycles. The summed E-state index contributed by atoms with van der Waals surface area (Å²) in [4.78, 5) is 22.3. The SMILES string of the molecule is COCCNCC(=O)Nc1ccc(C(=O)O)cc1Cl. The minimum absolute atomic E-state index is 0.0706. The van der Waals surface area contributed by atoms with Gasteiger partial charge in [0.15, 0.2) is 0 Å². The van der Waals surface area contributed by atoms with E-state index in [2.05, 4.69) is 10.6 Å². The Morgan fingerprint density at radius 3 is 2.74 bits per heavy atom. The van der Waals surface area contributed by atoms with Crippen LogP contribution in [0.25, 0.3) is 0 Å². The fraction of sp³-hybridized carbons (Fsp3) is 0.333. The molecule has 3 N–H and O–H groups in total. The third-order valence-electron chi connectivity index (χ3n) is 2.26. The van der Waals surface area contributed by atoms with Crippen molar-refractivity contribution < 1.29 is 19.4 Å². The third-order valence-corrected chi connectivity index (χ3v) is 2.57. The van der Waals surface area contributed by atoms with Gasteiger partial charge in [0.05, 0.1) is 29.4 Å². The number of nitrogens with one attached hydrogen (secondary N) is 2. The first-order chi connectivity index (χ1) is 9.04. The summed E-state index contributed by atoms with van der Waals surface area (Å²) in [5.41, 5.74) is 0.450. The van der Waals surface area contributed by atoms with Gasteiger partial charge in [-0.05, 0) is 18.2 Å². The Hall–Kier alpha value is -1.63. The van der Waals surface area contributed by atoms with E-state index in [1.165, 1.54) is 18.2 Å². The summed E-state index contributed by atoms with van der Waals surface area (Å²) in [6, 6.07) is 4.12. The Bertz CT molecular complexity index is 465. The first-order valence-corrected chi connectivity index (χ1v) is 5.94. The molecule has 0 bridgehead atoms. The van der Waals surface area contributed by atoms with E-state index < -0.39 is 5.97 Å². The standard InChI is InChI=1S/C12H15ClN2O4/c1-19-5-4-14-7-11(16)15-10-3-2-8(12(17)18)6-9(10)13/h2-3,6,14H,4-5,7H2,1H3,(H,15,16)(H,17,18). The van der Waals surface area contributed by atoms with Gasteiger partial charge in [-0.2, -0.15) is 0 Å². The van der Waals surface area contributed by atoms with Gasteiger partial charge in [-0.25, -0.2) is 4.79 Å². The van der Waals surface area contributed by atoms with Crippen LogP contribution < -0.4 is 10.6 Å². The summed E-state index contributed by atoms with van der Waals surface area (Å²) in [7, 11) is 1.57. The summed E-state index contributed by atoms with van der Waals surface area (Å²) in [5, 5.41) is 14.4. The number of carboxylic acids is 1. The largest absolute Gasteiger partial charge is 0.478 e. The van der Waals surface area contributed by atoms with E-state index in [1.54, 1.807) is 7.11 Å². The van der Waals surface area contributed by atoms with Gasteiger partial charge in [-0.3, -0.25) is 4.79 Å². The molecule has 0 aliphatic rings. The van der Waals surface area contributed by atoms with Gasteiger partial charge in [-0.1, -0.05) is 11.6 Å². The Morgan fingerprint density at radius 2 is 2.16 bits per heavy atom. The van der Waals surface area contributed by atoms with E-state index in [1.807, 2.05) is 0 Å². The van der Waals surface area contributed by atoms with Crippen LogP contribution in [0.2, 0.25) is 5.02 Å². The van der Waals surface area contributed by atoms with Crippen molar-refractivity contribution in [2.75, 3.05) is 32.1 Å². The lowest BCUT2D eigenvalue weighted by molar-refractivity contribution is -0.115. The molecule has 7 heteroatoms. The fourth-order valence-electron chi connectivity index (χ4n) is 1.32. The number of amides is 1. The van der Waals surface area contributed by atoms with Gasteiger partial charge in [0.25, 0.3) is 0 Å². The number of carboxylic acid groups (broad SMARTS) is 1. The molecule has 19 heavy (non-hydrogen) atoms. The summed E-state index contributed by atoms with van der Waals surface area (Å²) in [6.07, 6.45) is 0. The lowest BCUT2D eigenvalue weighted by Crippen LogP contribution is -2.30. The van der Waals surface area contributed by atoms with E-state index in [9.17, 15) is 9.59 Å². The molecule has 1 aromatic rings. The molecule has 0 heterocycles. The summed E-state index contributed by atoms with van der Waals surface area (Å²) in [6.45, 7) is 1.21. The smallest absolute Gasteiger partial charge is 0.335 e. The van der Waals surface area contributed by atoms with E-state index in [0.29, 0.717) is 18.8 Å². The Labute approximate surface area is 115 Å². The van der Waals surface area contributed by atoms with Crippen molar-refractivity contribution in [2.24, 2.45) is 0 Å². The monoisotopic (exact) mass is 286 g/mol. The maximum Gasteiger partial charge on any atom is 0.335 e. The molecule has 0 aromatic heterocycles. The number of carbonyl (C=O) groups is 2. The van der Waals surface area contributed by atoms with Gasteiger partial charge in [-0.15, -0.1) is 0 Å². The highest BCUT2D eigenvalue weighted by molar-refractivity contribution is 6.34. The van der Waals surface area contributed by atoms with Crippen molar-refractivity contribution in [2.45, 2.75) is 0 Å². The third kappa shape index (κ3) is 5.25. The van der Waals surface area contributed by atoms with Crippen LogP contribution in [-0.4, -0.2) is 43.8 Å². The zero-order valence-corrected chi connectivity index (χ0v) is 11.2. The molecule has 0 spiro atoms. The maximum absolute atomic E-state index is 11.6. The molecule has 1 rings (SSSR count). The normalized spacial score (nSPS) is 10.2. The van der Waals surface area contributed by atoms with E-state index in [0.717, 1.165) is 0 Å². The van der Waals surface area contributed by atoms with Crippen LogP contribution in [0.1, 0.15) is 10.4 Å². The number of rotatable bonds is 7. The number of ether oxygens (including phenoxy) is 1. The number of benzene rings is 1. The number of aromatic carboxylic acids is 1. The molecule has 0 unspecified atom stereocenters. The summed E-state index contributed by atoms with van der Waals surface area (Å²) in [5.74, 6) is -1.33. The van der Waals surface area contributed by atoms with Crippen LogP contribution in [0.3, 0.4) is 0 Å². The number of anilines is 1. The second kappa shape index (κ2) is 7.73. The average molecular weight is 287 g/mol. The second-order valence-electron chi connectivity index (χ2n) is 3.72. The van der Waals surface area contributed by atoms with Crippen molar-refractivity contribution in [3.8, 4) is 0 Å². The van der Waals surface area contributed by atoms with E-state index >= 15 is 0 Å². The molecule has 6 nitrogen and oxygen atoms in total. The van der Waals surface area contributed by atoms with Crippen LogP contribution in [0.5, 0.6) is 0 Å². The summed E-state index contributed by atoms with van der Waals surface area (Å²) >= 11 is 5.88. The Balaban J connectivity index is 2.52. The van der Waals surface area contributed by atoms with Gasteiger partial charge >= 0.3 is 5.97 Å². The number of carbonyl (C=O) groups excluding carboxylic acids is 1. The zero-order chi connectivity index (χ0) is 14.3. The molecule has 104 valence electrons.